The van der Waals surface area contributed by atoms with E-state index in [4.69, 9.17) is 4.74 Å². The minimum atomic E-state index is -0.517. The second-order valence-corrected chi connectivity index (χ2v) is 7.11. The van der Waals surface area contributed by atoms with Crippen molar-refractivity contribution in [2.45, 2.75) is 37.8 Å². The third kappa shape index (κ3) is 3.59. The third-order valence-electron chi connectivity index (χ3n) is 5.44. The number of hydrogen-bond acceptors (Lipinski definition) is 3. The van der Waals surface area contributed by atoms with Gasteiger partial charge in [-0.1, -0.05) is 30.3 Å². The first kappa shape index (κ1) is 16.5. The fraction of sp³-hybridized carbons (Fsp3) is 0.632. The number of carbonyl (C=O) groups excluding carboxylic acids is 1. The highest BCUT2D eigenvalue weighted by atomic mass is 16.5. The van der Waals surface area contributed by atoms with Gasteiger partial charge in [0.1, 0.15) is 5.60 Å². The summed E-state index contributed by atoms with van der Waals surface area (Å²) in [6, 6.07) is 10.6. The zero-order valence-electron chi connectivity index (χ0n) is 14.3. The van der Waals surface area contributed by atoms with Crippen molar-refractivity contribution in [1.82, 2.24) is 9.80 Å². The molecule has 1 amide bonds. The number of hydrogen-bond donors (Lipinski definition) is 0. The summed E-state index contributed by atoms with van der Waals surface area (Å²) in [5, 5.41) is 0. The van der Waals surface area contributed by atoms with E-state index >= 15 is 0 Å². The fourth-order valence-corrected chi connectivity index (χ4v) is 3.87. The summed E-state index contributed by atoms with van der Waals surface area (Å²) in [6.07, 6.45) is 4.01. The Morgan fingerprint density at radius 1 is 1.35 bits per heavy atom. The van der Waals surface area contributed by atoms with Crippen LogP contribution in [0.4, 0.5) is 0 Å². The lowest BCUT2D eigenvalue weighted by molar-refractivity contribution is -0.165. The minimum absolute atomic E-state index is 0.174. The van der Waals surface area contributed by atoms with Gasteiger partial charge in [0.15, 0.2) is 0 Å². The molecule has 2 aliphatic rings. The van der Waals surface area contributed by atoms with Crippen LogP contribution in [0.15, 0.2) is 30.3 Å². The van der Waals surface area contributed by atoms with Crippen molar-refractivity contribution in [2.75, 3.05) is 33.8 Å². The maximum atomic E-state index is 12.6. The van der Waals surface area contributed by atoms with Crippen molar-refractivity contribution in [3.05, 3.63) is 35.9 Å². The van der Waals surface area contributed by atoms with Gasteiger partial charge in [-0.25, -0.2) is 0 Å². The average Bonchev–Trinajstić information content (AvgIpc) is 2.94. The molecule has 1 unspecified atom stereocenters. The maximum absolute atomic E-state index is 12.6. The second kappa shape index (κ2) is 7.02. The van der Waals surface area contributed by atoms with Crippen LogP contribution < -0.4 is 0 Å². The zero-order chi connectivity index (χ0) is 16.3. The van der Waals surface area contributed by atoms with Crippen molar-refractivity contribution in [1.29, 1.82) is 0 Å². The Labute approximate surface area is 139 Å². The second-order valence-electron chi connectivity index (χ2n) is 7.11. The van der Waals surface area contributed by atoms with Gasteiger partial charge >= 0.3 is 0 Å². The lowest BCUT2D eigenvalue weighted by atomic mass is 9.79. The molecular formula is C19H28N2O2. The van der Waals surface area contributed by atoms with E-state index < -0.39 is 5.60 Å². The number of ether oxygens (including phenoxy) is 1. The minimum Gasteiger partial charge on any atom is -0.368 e. The van der Waals surface area contributed by atoms with Crippen molar-refractivity contribution in [3.8, 4) is 0 Å². The Kier molecular flexibility index (Phi) is 5.02. The number of benzene rings is 1. The number of likely N-dealkylation sites (tertiary alicyclic amines) is 1. The number of amides is 1. The summed E-state index contributed by atoms with van der Waals surface area (Å²) in [4.78, 5) is 17.0. The normalized spacial score (nSPS) is 23.5. The molecule has 1 heterocycles. The van der Waals surface area contributed by atoms with Crippen LogP contribution in [-0.2, 0) is 16.1 Å². The van der Waals surface area contributed by atoms with Crippen molar-refractivity contribution in [3.63, 3.8) is 0 Å². The van der Waals surface area contributed by atoms with Gasteiger partial charge in [-0.2, -0.15) is 0 Å². The van der Waals surface area contributed by atoms with Crippen LogP contribution in [0.5, 0.6) is 0 Å². The lowest BCUT2D eigenvalue weighted by Gasteiger charge is -2.41. The highest BCUT2D eigenvalue weighted by molar-refractivity contribution is 5.86. The largest absolute Gasteiger partial charge is 0.368 e. The van der Waals surface area contributed by atoms with Gasteiger partial charge in [0.2, 0.25) is 0 Å². The molecule has 0 radical (unpaired) electrons. The van der Waals surface area contributed by atoms with Crippen LogP contribution in [0, 0.1) is 5.92 Å². The molecule has 1 aliphatic carbocycles. The van der Waals surface area contributed by atoms with Crippen molar-refractivity contribution < 1.29 is 9.53 Å². The molecule has 1 aromatic carbocycles. The van der Waals surface area contributed by atoms with Crippen molar-refractivity contribution in [2.24, 2.45) is 5.92 Å². The molecule has 0 bridgehead atoms. The van der Waals surface area contributed by atoms with E-state index in [1.807, 2.05) is 11.9 Å². The van der Waals surface area contributed by atoms with E-state index in [9.17, 15) is 4.79 Å². The molecule has 4 heteroatoms. The van der Waals surface area contributed by atoms with E-state index in [1.54, 1.807) is 7.11 Å². The van der Waals surface area contributed by atoms with Crippen LogP contribution in [0.25, 0.3) is 0 Å². The summed E-state index contributed by atoms with van der Waals surface area (Å²) >= 11 is 0. The molecule has 126 valence electrons. The Balaban J connectivity index is 1.49. The van der Waals surface area contributed by atoms with Crippen molar-refractivity contribution >= 4 is 5.91 Å². The average molecular weight is 316 g/mol. The quantitative estimate of drug-likeness (QED) is 0.808. The van der Waals surface area contributed by atoms with Crippen LogP contribution in [0.2, 0.25) is 0 Å². The molecule has 1 atom stereocenters. The van der Waals surface area contributed by atoms with E-state index in [0.29, 0.717) is 5.92 Å². The first-order chi connectivity index (χ1) is 11.1. The first-order valence-corrected chi connectivity index (χ1v) is 8.70. The van der Waals surface area contributed by atoms with Gasteiger partial charge in [-0.05, 0) is 43.7 Å². The summed E-state index contributed by atoms with van der Waals surface area (Å²) in [5.74, 6) is 0.745. The number of likely N-dealkylation sites (N-methyl/N-ethyl adjacent to an activating group) is 1. The summed E-state index contributed by atoms with van der Waals surface area (Å²) in [7, 11) is 3.60. The smallest absolute Gasteiger partial charge is 0.254 e. The predicted molar refractivity (Wildman–Crippen MR) is 91.1 cm³/mol. The highest BCUT2D eigenvalue weighted by Crippen LogP contribution is 2.36. The molecule has 3 rings (SSSR count). The Hall–Kier alpha value is -1.39. The summed E-state index contributed by atoms with van der Waals surface area (Å²) < 4.78 is 5.52. The van der Waals surface area contributed by atoms with Gasteiger partial charge in [-0.3, -0.25) is 9.69 Å². The monoisotopic (exact) mass is 316 g/mol. The molecule has 0 N–H and O–H groups in total. The fourth-order valence-electron chi connectivity index (χ4n) is 3.87. The van der Waals surface area contributed by atoms with Crippen LogP contribution in [-0.4, -0.2) is 55.1 Å². The van der Waals surface area contributed by atoms with Crippen LogP contribution >= 0.6 is 0 Å². The summed E-state index contributed by atoms with van der Waals surface area (Å²) in [5.41, 5.74) is 0.849. The standard InChI is InChI=1S/C19H28N2O2/c1-20(18(22)19(23-2)10-6-11-19)13-17-9-12-21(15-17)14-16-7-4-3-5-8-16/h3-5,7-8,17H,6,9-15H2,1-2H3. The predicted octanol–water partition coefficient (Wildman–Crippen LogP) is 2.54. The van der Waals surface area contributed by atoms with Gasteiger partial charge in [-0.15, -0.1) is 0 Å². The van der Waals surface area contributed by atoms with E-state index in [-0.39, 0.29) is 5.91 Å². The number of nitrogens with zero attached hydrogens (tertiary/aromatic N) is 2. The van der Waals surface area contributed by atoms with Gasteiger partial charge < -0.3 is 9.64 Å². The number of methoxy groups -OCH3 is 1. The molecule has 0 aromatic heterocycles. The number of carbonyl (C=O) groups is 1. The SMILES string of the molecule is COC1(C(=O)N(C)CC2CCN(Cc3ccccc3)C2)CCC1. The summed E-state index contributed by atoms with van der Waals surface area (Å²) in [6.45, 7) is 4.05. The van der Waals surface area contributed by atoms with Gasteiger partial charge in [0.05, 0.1) is 0 Å². The van der Waals surface area contributed by atoms with E-state index in [1.165, 1.54) is 12.0 Å². The Bertz CT molecular complexity index is 522. The van der Waals surface area contributed by atoms with Crippen LogP contribution in [0.3, 0.4) is 0 Å². The first-order valence-electron chi connectivity index (χ1n) is 8.70. The molecule has 1 aliphatic heterocycles. The molecule has 0 spiro atoms. The zero-order valence-corrected chi connectivity index (χ0v) is 14.3. The molecule has 23 heavy (non-hydrogen) atoms. The van der Waals surface area contributed by atoms with Gasteiger partial charge in [0, 0.05) is 33.8 Å². The molecule has 1 aromatic rings. The molecule has 2 fully saturated rings. The Morgan fingerprint density at radius 3 is 2.70 bits per heavy atom. The molecular weight excluding hydrogens is 288 g/mol. The van der Waals surface area contributed by atoms with Gasteiger partial charge in [0.25, 0.3) is 5.91 Å². The lowest BCUT2D eigenvalue weighted by Crippen LogP contribution is -2.54. The van der Waals surface area contributed by atoms with Crippen LogP contribution in [0.1, 0.15) is 31.2 Å². The third-order valence-corrected chi connectivity index (χ3v) is 5.44. The topological polar surface area (TPSA) is 32.8 Å². The van der Waals surface area contributed by atoms with E-state index in [0.717, 1.165) is 45.4 Å². The molecule has 4 nitrogen and oxygen atoms in total. The number of rotatable bonds is 6. The maximum Gasteiger partial charge on any atom is 0.254 e. The highest BCUT2D eigenvalue weighted by Gasteiger charge is 2.46. The van der Waals surface area contributed by atoms with E-state index in [2.05, 4.69) is 35.2 Å². The Morgan fingerprint density at radius 2 is 2.09 bits per heavy atom. The molecule has 1 saturated carbocycles. The molecule has 1 saturated heterocycles.